The molecule has 0 aromatic carbocycles. The van der Waals surface area contributed by atoms with Crippen LogP contribution in [-0.4, -0.2) is 51.7 Å². The second kappa shape index (κ2) is 3.82. The molecule has 0 radical (unpaired) electrons. The van der Waals surface area contributed by atoms with E-state index in [2.05, 4.69) is 0 Å². The summed E-state index contributed by atoms with van der Waals surface area (Å²) in [6, 6.07) is -1.09. The van der Waals surface area contributed by atoms with Gasteiger partial charge in [0.25, 0.3) is 0 Å². The van der Waals surface area contributed by atoms with E-state index in [4.69, 9.17) is 9.84 Å². The van der Waals surface area contributed by atoms with E-state index in [0.29, 0.717) is 0 Å². The third-order valence-corrected chi connectivity index (χ3v) is 3.53. The molecule has 2 rings (SSSR count). The minimum atomic E-state index is -1.18. The molecule has 1 saturated carbocycles. The SMILES string of the molecule is CC(C)(C)OC(=O)N1CC2(C1)[C@H](C(=O)O)[C@H]2[N+](=O)[O-]. The molecule has 8 heteroatoms. The molecule has 0 bridgehead atoms. The fraction of sp³-hybridized carbons (Fsp3) is 0.818. The monoisotopic (exact) mass is 272 g/mol. The first kappa shape index (κ1) is 13.6. The molecule has 8 nitrogen and oxygen atoms in total. The average molecular weight is 272 g/mol. The van der Waals surface area contributed by atoms with Gasteiger partial charge in [0.15, 0.2) is 0 Å². The minimum Gasteiger partial charge on any atom is -0.481 e. The maximum Gasteiger partial charge on any atom is 0.410 e. The van der Waals surface area contributed by atoms with E-state index in [0.717, 1.165) is 0 Å². The number of ether oxygens (including phenoxy) is 1. The van der Waals surface area contributed by atoms with Gasteiger partial charge in [0.1, 0.15) is 11.5 Å². The third-order valence-electron chi connectivity index (χ3n) is 3.53. The fourth-order valence-corrected chi connectivity index (χ4v) is 2.69. The number of carbonyl (C=O) groups excluding carboxylic acids is 1. The summed E-state index contributed by atoms with van der Waals surface area (Å²) >= 11 is 0. The van der Waals surface area contributed by atoms with Crippen molar-refractivity contribution in [3.63, 3.8) is 0 Å². The van der Waals surface area contributed by atoms with Crippen LogP contribution in [0.2, 0.25) is 0 Å². The van der Waals surface area contributed by atoms with E-state index < -0.39 is 40.0 Å². The van der Waals surface area contributed by atoms with E-state index in [1.807, 2.05) is 0 Å². The van der Waals surface area contributed by atoms with Crippen LogP contribution in [0.5, 0.6) is 0 Å². The van der Waals surface area contributed by atoms with Crippen molar-refractivity contribution in [1.82, 2.24) is 4.90 Å². The van der Waals surface area contributed by atoms with Crippen LogP contribution in [0.3, 0.4) is 0 Å². The molecule has 19 heavy (non-hydrogen) atoms. The highest BCUT2D eigenvalue weighted by atomic mass is 16.6. The number of nitro groups is 1. The predicted molar refractivity (Wildman–Crippen MR) is 62.1 cm³/mol. The maximum absolute atomic E-state index is 11.7. The highest BCUT2D eigenvalue weighted by Gasteiger charge is 2.82. The zero-order valence-electron chi connectivity index (χ0n) is 11.0. The second-order valence-electron chi connectivity index (χ2n) is 6.12. The van der Waals surface area contributed by atoms with Crippen molar-refractivity contribution in [2.24, 2.45) is 11.3 Å². The van der Waals surface area contributed by atoms with Gasteiger partial charge < -0.3 is 14.7 Å². The number of carboxylic acid groups (broad SMARTS) is 1. The summed E-state index contributed by atoms with van der Waals surface area (Å²) in [6.45, 7) is 5.31. The van der Waals surface area contributed by atoms with Crippen molar-refractivity contribution in [3.8, 4) is 0 Å². The minimum absolute atomic E-state index is 0.0739. The Kier molecular flexibility index (Phi) is 2.72. The van der Waals surface area contributed by atoms with Crippen LogP contribution in [0.1, 0.15) is 20.8 Å². The summed E-state index contributed by atoms with van der Waals surface area (Å²) in [5, 5.41) is 19.7. The molecule has 1 amide bonds. The van der Waals surface area contributed by atoms with Gasteiger partial charge in [-0.25, -0.2) is 4.79 Å². The molecule has 1 aliphatic carbocycles. The van der Waals surface area contributed by atoms with Gasteiger partial charge in [-0.3, -0.25) is 14.9 Å². The van der Waals surface area contributed by atoms with E-state index in [-0.39, 0.29) is 13.1 Å². The van der Waals surface area contributed by atoms with Crippen LogP contribution >= 0.6 is 0 Å². The van der Waals surface area contributed by atoms with Gasteiger partial charge in [-0.05, 0) is 20.8 Å². The van der Waals surface area contributed by atoms with Crippen molar-refractivity contribution in [2.45, 2.75) is 32.4 Å². The topological polar surface area (TPSA) is 110 Å². The molecule has 1 N–H and O–H groups in total. The molecule has 0 unspecified atom stereocenters. The molecular formula is C11H16N2O6. The number of amides is 1. The molecule has 0 aromatic rings. The first-order chi connectivity index (χ1) is 8.58. The quantitative estimate of drug-likeness (QED) is 0.581. The van der Waals surface area contributed by atoms with Crippen LogP contribution in [0.4, 0.5) is 4.79 Å². The van der Waals surface area contributed by atoms with Crippen LogP contribution in [0.25, 0.3) is 0 Å². The van der Waals surface area contributed by atoms with Crippen molar-refractivity contribution in [2.75, 3.05) is 13.1 Å². The van der Waals surface area contributed by atoms with Crippen molar-refractivity contribution < 1.29 is 24.4 Å². The molecule has 1 saturated heterocycles. The zero-order valence-corrected chi connectivity index (χ0v) is 11.0. The normalized spacial score (nSPS) is 27.6. The fourth-order valence-electron chi connectivity index (χ4n) is 2.69. The first-order valence-electron chi connectivity index (χ1n) is 5.93. The summed E-state index contributed by atoms with van der Waals surface area (Å²) < 4.78 is 5.12. The Labute approximate surface area is 109 Å². The first-order valence-corrected chi connectivity index (χ1v) is 5.93. The summed E-state index contributed by atoms with van der Waals surface area (Å²) in [4.78, 5) is 34.2. The number of likely N-dealkylation sites (tertiary alicyclic amines) is 1. The van der Waals surface area contributed by atoms with Crippen LogP contribution < -0.4 is 0 Å². The van der Waals surface area contributed by atoms with Crippen LogP contribution in [0.15, 0.2) is 0 Å². The Hall–Kier alpha value is -1.86. The predicted octanol–water partition coefficient (Wildman–Crippen LogP) is 0.583. The standard InChI is InChI=1S/C11H16N2O6/c1-10(2,3)19-9(16)12-4-11(5-12)6(8(14)15)7(11)13(17)18/h6-7H,4-5H2,1-3H3,(H,14,15)/t6-,7+/m0/s1. The molecule has 2 atom stereocenters. The molecular weight excluding hydrogens is 256 g/mol. The smallest absolute Gasteiger partial charge is 0.410 e. The third kappa shape index (κ3) is 2.11. The summed E-state index contributed by atoms with van der Waals surface area (Å²) in [5.41, 5.74) is -1.54. The van der Waals surface area contributed by atoms with E-state index >= 15 is 0 Å². The lowest BCUT2D eigenvalue weighted by Crippen LogP contribution is -2.55. The van der Waals surface area contributed by atoms with Gasteiger partial charge in [0, 0.05) is 18.0 Å². The molecule has 1 heterocycles. The second-order valence-corrected chi connectivity index (χ2v) is 6.12. The lowest BCUT2D eigenvalue weighted by atomic mass is 9.93. The Morgan fingerprint density at radius 2 is 1.95 bits per heavy atom. The van der Waals surface area contributed by atoms with Crippen molar-refractivity contribution in [3.05, 3.63) is 10.1 Å². The van der Waals surface area contributed by atoms with Crippen molar-refractivity contribution in [1.29, 1.82) is 0 Å². The van der Waals surface area contributed by atoms with Gasteiger partial charge in [0.2, 0.25) is 6.04 Å². The van der Waals surface area contributed by atoms with Gasteiger partial charge in [0.05, 0.1) is 5.41 Å². The number of carboxylic acids is 1. The van der Waals surface area contributed by atoms with Crippen molar-refractivity contribution >= 4 is 12.1 Å². The lowest BCUT2D eigenvalue weighted by Gasteiger charge is -2.39. The Morgan fingerprint density at radius 1 is 1.42 bits per heavy atom. The molecule has 2 aliphatic rings. The highest BCUT2D eigenvalue weighted by Crippen LogP contribution is 2.60. The largest absolute Gasteiger partial charge is 0.481 e. The maximum atomic E-state index is 11.7. The Morgan fingerprint density at radius 3 is 2.26 bits per heavy atom. The molecule has 0 aromatic heterocycles. The van der Waals surface area contributed by atoms with Gasteiger partial charge in [-0.15, -0.1) is 0 Å². The summed E-state index contributed by atoms with van der Waals surface area (Å²) in [7, 11) is 0. The number of aliphatic carboxylic acids is 1. The summed E-state index contributed by atoms with van der Waals surface area (Å²) in [5.74, 6) is -2.17. The molecule has 1 spiro atoms. The van der Waals surface area contributed by atoms with E-state index in [9.17, 15) is 19.7 Å². The lowest BCUT2D eigenvalue weighted by molar-refractivity contribution is -0.506. The van der Waals surface area contributed by atoms with Gasteiger partial charge >= 0.3 is 12.1 Å². The number of hydrogen-bond donors (Lipinski definition) is 1. The van der Waals surface area contributed by atoms with E-state index in [1.165, 1.54) is 4.90 Å². The molecule has 106 valence electrons. The zero-order chi connectivity index (χ0) is 14.6. The summed E-state index contributed by atoms with van der Waals surface area (Å²) in [6.07, 6.45) is -0.559. The Balaban J connectivity index is 1.97. The molecule has 2 fully saturated rings. The van der Waals surface area contributed by atoms with Crippen LogP contribution in [-0.2, 0) is 9.53 Å². The molecule has 1 aliphatic heterocycles. The van der Waals surface area contributed by atoms with Gasteiger partial charge in [-0.2, -0.15) is 0 Å². The number of carbonyl (C=O) groups is 2. The van der Waals surface area contributed by atoms with Gasteiger partial charge in [-0.1, -0.05) is 0 Å². The number of hydrogen-bond acceptors (Lipinski definition) is 5. The Bertz CT molecular complexity index is 427. The van der Waals surface area contributed by atoms with Crippen LogP contribution in [0, 0.1) is 21.4 Å². The average Bonchev–Trinajstić information content (AvgIpc) is 2.81. The number of nitrogens with zero attached hydrogens (tertiary/aromatic N) is 2. The van der Waals surface area contributed by atoms with E-state index in [1.54, 1.807) is 20.8 Å². The highest BCUT2D eigenvalue weighted by molar-refractivity contribution is 5.79. The number of rotatable bonds is 2.